The summed E-state index contributed by atoms with van der Waals surface area (Å²) < 4.78 is 71.4. The van der Waals surface area contributed by atoms with Gasteiger partial charge in [0.15, 0.2) is 6.20 Å². The van der Waals surface area contributed by atoms with Crippen molar-refractivity contribution in [1.82, 2.24) is 0 Å². The molecule has 0 atom stereocenters. The number of carbonyl (C=O) groups excluding carboxylic acids is 1. The molecule has 2 N–H and O–H groups in total. The van der Waals surface area contributed by atoms with Crippen molar-refractivity contribution in [2.45, 2.75) is 22.8 Å². The van der Waals surface area contributed by atoms with Gasteiger partial charge in [-0.15, -0.1) is 0 Å². The van der Waals surface area contributed by atoms with Crippen LogP contribution in [0.1, 0.15) is 27.9 Å². The first-order chi connectivity index (χ1) is 20.8. The minimum Gasteiger partial charge on any atom is -0.465 e. The lowest BCUT2D eigenvalue weighted by Crippen LogP contribution is -2.35. The van der Waals surface area contributed by atoms with Gasteiger partial charge in [0.05, 0.1) is 39.4 Å². The van der Waals surface area contributed by atoms with Crippen LogP contribution in [0.25, 0.3) is 22.6 Å². The van der Waals surface area contributed by atoms with Crippen LogP contribution in [-0.2, 0) is 31.5 Å². The lowest BCUT2D eigenvalue weighted by Gasteiger charge is -2.15. The SMILES string of the molecule is COC(=O)c1ccc(C(=Cc2cc[n+](CCCS(=O)(=O)O)c3ccccc23)C=C2Sc3ccc(S(=O)(=O)O)cc3N2C)cc1. The zero-order valence-corrected chi connectivity index (χ0v) is 26.2. The monoisotopic (exact) mass is 653 g/mol. The minimum atomic E-state index is -4.37. The fraction of sp³-hybridized carbons (Fsp3) is 0.161. The van der Waals surface area contributed by atoms with Crippen molar-refractivity contribution in [2.24, 2.45) is 0 Å². The Morgan fingerprint density at radius 3 is 2.36 bits per heavy atom. The van der Waals surface area contributed by atoms with Crippen LogP contribution >= 0.6 is 11.8 Å². The quantitative estimate of drug-likeness (QED) is 0.143. The first kappa shape index (κ1) is 31.4. The molecule has 0 spiro atoms. The van der Waals surface area contributed by atoms with Crippen LogP contribution in [0.4, 0.5) is 5.69 Å². The summed E-state index contributed by atoms with van der Waals surface area (Å²) in [6, 6.07) is 21.1. The Kier molecular flexibility index (Phi) is 8.95. The molecule has 1 aromatic heterocycles. The van der Waals surface area contributed by atoms with E-state index in [1.54, 1.807) is 18.2 Å². The maximum Gasteiger partial charge on any atom is 0.337 e. The maximum atomic E-state index is 12.1. The highest BCUT2D eigenvalue weighted by Crippen LogP contribution is 2.47. The van der Waals surface area contributed by atoms with Crippen LogP contribution in [0.3, 0.4) is 0 Å². The Balaban J connectivity index is 1.60. The van der Waals surface area contributed by atoms with E-state index in [0.29, 0.717) is 17.8 Å². The van der Waals surface area contributed by atoms with Gasteiger partial charge in [0, 0.05) is 30.5 Å². The molecule has 0 unspecified atom stereocenters. The molecule has 0 fully saturated rings. The topological polar surface area (TPSA) is 142 Å². The number of hydrogen-bond donors (Lipinski definition) is 2. The van der Waals surface area contributed by atoms with Crippen LogP contribution in [0.5, 0.6) is 0 Å². The number of carbonyl (C=O) groups is 1. The van der Waals surface area contributed by atoms with Gasteiger partial charge in [-0.1, -0.05) is 36.0 Å². The highest BCUT2D eigenvalue weighted by molar-refractivity contribution is 8.03. The van der Waals surface area contributed by atoms with E-state index < -0.39 is 26.2 Å². The molecule has 0 saturated carbocycles. The lowest BCUT2D eigenvalue weighted by molar-refractivity contribution is -0.671. The Morgan fingerprint density at radius 2 is 1.68 bits per heavy atom. The molecule has 1 aliphatic heterocycles. The van der Waals surface area contributed by atoms with Gasteiger partial charge < -0.3 is 9.64 Å². The van der Waals surface area contributed by atoms with E-state index in [1.807, 2.05) is 77.3 Å². The van der Waals surface area contributed by atoms with E-state index in [-0.39, 0.29) is 17.1 Å². The normalized spacial score (nSPS) is 14.7. The Hall–Kier alpha value is -4.01. The zero-order chi connectivity index (χ0) is 31.6. The number of methoxy groups -OCH3 is 1. The molecule has 0 bridgehead atoms. The average molecular weight is 654 g/mol. The molecular weight excluding hydrogens is 625 g/mol. The molecular formula is C31H29N2O8S3+. The number of allylic oxidation sites excluding steroid dienone is 2. The van der Waals surface area contributed by atoms with Crippen molar-refractivity contribution >= 4 is 66.2 Å². The first-order valence-electron chi connectivity index (χ1n) is 13.4. The molecule has 3 aromatic carbocycles. The van der Waals surface area contributed by atoms with Gasteiger partial charge in [0.2, 0.25) is 5.52 Å². The van der Waals surface area contributed by atoms with Gasteiger partial charge in [-0.2, -0.15) is 21.4 Å². The Bertz CT molecular complexity index is 2040. The number of esters is 1. The molecule has 1 aliphatic rings. The van der Waals surface area contributed by atoms with Crippen LogP contribution in [0.2, 0.25) is 0 Å². The number of fused-ring (bicyclic) bond motifs is 2. The smallest absolute Gasteiger partial charge is 0.337 e. The third-order valence-corrected chi connectivity index (χ3v) is 9.94. The number of rotatable bonds is 9. The third-order valence-electron chi connectivity index (χ3n) is 7.12. The first-order valence-corrected chi connectivity index (χ1v) is 17.2. The van der Waals surface area contributed by atoms with Gasteiger partial charge in [-0.05, 0) is 65.3 Å². The number of para-hydroxylation sites is 1. The van der Waals surface area contributed by atoms with Crippen molar-refractivity contribution < 1.29 is 40.0 Å². The molecule has 5 rings (SSSR count). The van der Waals surface area contributed by atoms with Crippen LogP contribution in [0.15, 0.2) is 99.9 Å². The second kappa shape index (κ2) is 12.5. The molecule has 2 heterocycles. The van der Waals surface area contributed by atoms with Crippen molar-refractivity contribution in [3.05, 3.63) is 107 Å². The molecule has 0 aliphatic carbocycles. The zero-order valence-electron chi connectivity index (χ0n) is 23.7. The van der Waals surface area contributed by atoms with Gasteiger partial charge in [-0.25, -0.2) is 4.79 Å². The summed E-state index contributed by atoms with van der Waals surface area (Å²) >= 11 is 1.45. The fourth-order valence-electron chi connectivity index (χ4n) is 4.90. The second-order valence-electron chi connectivity index (χ2n) is 10.0. The van der Waals surface area contributed by atoms with Gasteiger partial charge >= 0.3 is 5.97 Å². The number of aryl methyl sites for hydroxylation is 1. The molecule has 228 valence electrons. The summed E-state index contributed by atoms with van der Waals surface area (Å²) in [6.07, 6.45) is 6.08. The predicted octanol–water partition coefficient (Wildman–Crippen LogP) is 5.06. The summed E-state index contributed by atoms with van der Waals surface area (Å²) in [5.74, 6) is -0.793. The highest BCUT2D eigenvalue weighted by Gasteiger charge is 2.25. The fourth-order valence-corrected chi connectivity index (χ4v) is 6.98. The van der Waals surface area contributed by atoms with E-state index in [9.17, 15) is 26.2 Å². The summed E-state index contributed by atoms with van der Waals surface area (Å²) in [4.78, 5) is 14.5. The second-order valence-corrected chi connectivity index (χ2v) is 14.1. The van der Waals surface area contributed by atoms with Crippen LogP contribution in [-0.4, -0.2) is 51.8 Å². The number of nitrogens with zero attached hydrogens (tertiary/aromatic N) is 2. The van der Waals surface area contributed by atoms with Gasteiger partial charge in [-0.3, -0.25) is 9.11 Å². The number of ether oxygens (including phenoxy) is 1. The minimum absolute atomic E-state index is 0.195. The summed E-state index contributed by atoms with van der Waals surface area (Å²) in [5.41, 5.74) is 4.40. The van der Waals surface area contributed by atoms with E-state index in [0.717, 1.165) is 37.5 Å². The molecule has 0 amide bonds. The number of thioether (sulfide) groups is 1. The lowest BCUT2D eigenvalue weighted by atomic mass is 9.99. The average Bonchev–Trinajstić information content (AvgIpc) is 3.30. The standard InChI is InChI=1S/C31H28N2O8S3/c1-32-28-20-25(44(38,39)40)12-13-29(28)42-30(32)19-24(21-8-10-22(11-9-21)31(34)41-2)18-23-14-16-33(15-5-17-43(35,36)37)27-7-4-3-6-26(23)27/h3-4,6-14,16,18-20H,5,15,17H2,1-2H3,(H-,35,36,37,38,39,40)/p+1. The van der Waals surface area contributed by atoms with E-state index >= 15 is 0 Å². The Morgan fingerprint density at radius 1 is 0.977 bits per heavy atom. The highest BCUT2D eigenvalue weighted by atomic mass is 32.2. The number of hydrogen-bond acceptors (Lipinski definition) is 8. The molecule has 10 nitrogen and oxygen atoms in total. The summed E-state index contributed by atoms with van der Waals surface area (Å²) in [6.45, 7) is 0.390. The number of pyridine rings is 1. The van der Waals surface area contributed by atoms with E-state index in [1.165, 1.54) is 31.0 Å². The molecule has 4 aromatic rings. The third kappa shape index (κ3) is 7.03. The number of aromatic nitrogens is 1. The van der Waals surface area contributed by atoms with Crippen LogP contribution in [0, 0.1) is 0 Å². The van der Waals surface area contributed by atoms with Crippen molar-refractivity contribution in [2.75, 3.05) is 24.8 Å². The maximum absolute atomic E-state index is 12.1. The number of benzene rings is 3. The molecule has 13 heteroatoms. The van der Waals surface area contributed by atoms with Gasteiger partial charge in [0.25, 0.3) is 20.2 Å². The van der Waals surface area contributed by atoms with E-state index in [2.05, 4.69) is 0 Å². The summed E-state index contributed by atoms with van der Waals surface area (Å²) in [5, 5.41) is 1.72. The van der Waals surface area contributed by atoms with Crippen molar-refractivity contribution in [3.8, 4) is 0 Å². The van der Waals surface area contributed by atoms with Crippen LogP contribution < -0.4 is 9.47 Å². The van der Waals surface area contributed by atoms with Gasteiger partial charge in [0.1, 0.15) is 6.54 Å². The number of anilines is 1. The van der Waals surface area contributed by atoms with E-state index in [4.69, 9.17) is 9.29 Å². The summed E-state index contributed by atoms with van der Waals surface area (Å²) in [7, 11) is -5.31. The molecule has 44 heavy (non-hydrogen) atoms. The van der Waals surface area contributed by atoms with Crippen molar-refractivity contribution in [3.63, 3.8) is 0 Å². The van der Waals surface area contributed by atoms with Crippen molar-refractivity contribution in [1.29, 1.82) is 0 Å². The molecule has 0 saturated heterocycles. The largest absolute Gasteiger partial charge is 0.465 e. The predicted molar refractivity (Wildman–Crippen MR) is 169 cm³/mol. The molecule has 0 radical (unpaired) electrons. The Labute approximate surface area is 259 Å².